The summed E-state index contributed by atoms with van der Waals surface area (Å²) in [5.74, 6) is 0.964. The molecule has 14 heavy (non-hydrogen) atoms. The van der Waals surface area contributed by atoms with Gasteiger partial charge in [-0.05, 0) is 26.4 Å². The van der Waals surface area contributed by atoms with Crippen molar-refractivity contribution in [3.8, 4) is 0 Å². The van der Waals surface area contributed by atoms with Gasteiger partial charge in [0, 0.05) is 18.7 Å². The van der Waals surface area contributed by atoms with Gasteiger partial charge >= 0.3 is 0 Å². The molecular weight excluding hydrogens is 222 g/mol. The number of hydrogen-bond donors (Lipinski definition) is 0. The van der Waals surface area contributed by atoms with E-state index in [0.29, 0.717) is 12.4 Å². The summed E-state index contributed by atoms with van der Waals surface area (Å²) in [6.07, 6.45) is 4.52. The molecule has 0 aromatic rings. The minimum atomic E-state index is -2.82. The molecule has 0 aliphatic heterocycles. The Hall–Kier alpha value is 0.200. The maximum atomic E-state index is 10.9. The maximum absolute atomic E-state index is 10.9. The molecule has 0 unspecified atom stereocenters. The molecule has 5 heteroatoms. The molecule has 0 spiro atoms. The lowest BCUT2D eigenvalue weighted by Gasteiger charge is -2.15. The molecule has 0 amide bonds. The predicted octanol–water partition coefficient (Wildman–Crippen LogP) is 1.37. The van der Waals surface area contributed by atoms with Gasteiger partial charge in [-0.2, -0.15) is 0 Å². The molecule has 0 fully saturated rings. The second-order valence-electron chi connectivity index (χ2n) is 3.68. The summed E-state index contributed by atoms with van der Waals surface area (Å²) in [5.41, 5.74) is 0. The molecule has 0 rings (SSSR count). The second kappa shape index (κ2) is 7.49. The summed E-state index contributed by atoms with van der Waals surface area (Å²) >= 11 is 5.54. The van der Waals surface area contributed by atoms with Crippen LogP contribution < -0.4 is 0 Å². The number of rotatable bonds is 8. The van der Waals surface area contributed by atoms with E-state index in [4.69, 9.17) is 11.6 Å². The lowest BCUT2D eigenvalue weighted by Crippen LogP contribution is -2.26. The third-order valence-electron chi connectivity index (χ3n) is 2.02. The van der Waals surface area contributed by atoms with Crippen molar-refractivity contribution >= 4 is 21.4 Å². The Kier molecular flexibility index (Phi) is 7.59. The SMILES string of the molecule is CN(CCCCCCl)CCS(C)(=O)=O. The molecule has 86 valence electrons. The van der Waals surface area contributed by atoms with Crippen molar-refractivity contribution in [2.75, 3.05) is 38.0 Å². The van der Waals surface area contributed by atoms with Gasteiger partial charge in [0.25, 0.3) is 0 Å². The average molecular weight is 242 g/mol. The van der Waals surface area contributed by atoms with Crippen LogP contribution in [0.3, 0.4) is 0 Å². The zero-order chi connectivity index (χ0) is 11.0. The first-order chi connectivity index (χ1) is 6.45. The fourth-order valence-electron chi connectivity index (χ4n) is 1.09. The Morgan fingerprint density at radius 1 is 1.14 bits per heavy atom. The van der Waals surface area contributed by atoms with Crippen molar-refractivity contribution in [3.63, 3.8) is 0 Å². The first kappa shape index (κ1) is 14.2. The fourth-order valence-corrected chi connectivity index (χ4v) is 1.92. The Bertz CT molecular complexity index is 229. The van der Waals surface area contributed by atoms with Crippen molar-refractivity contribution in [2.45, 2.75) is 19.3 Å². The van der Waals surface area contributed by atoms with Gasteiger partial charge in [0.2, 0.25) is 0 Å². The van der Waals surface area contributed by atoms with E-state index in [1.165, 1.54) is 6.26 Å². The van der Waals surface area contributed by atoms with Crippen LogP contribution in [0.5, 0.6) is 0 Å². The zero-order valence-electron chi connectivity index (χ0n) is 9.00. The minimum absolute atomic E-state index is 0.249. The van der Waals surface area contributed by atoms with Crippen LogP contribution >= 0.6 is 11.6 Å². The Morgan fingerprint density at radius 2 is 1.79 bits per heavy atom. The van der Waals surface area contributed by atoms with Crippen molar-refractivity contribution in [3.05, 3.63) is 0 Å². The molecule has 0 aromatic carbocycles. The van der Waals surface area contributed by atoms with Gasteiger partial charge in [0.15, 0.2) is 0 Å². The normalized spacial score (nSPS) is 12.3. The third-order valence-corrected chi connectivity index (χ3v) is 3.21. The minimum Gasteiger partial charge on any atom is -0.305 e. The summed E-state index contributed by atoms with van der Waals surface area (Å²) in [4.78, 5) is 2.05. The van der Waals surface area contributed by atoms with Crippen LogP contribution in [0, 0.1) is 0 Å². The molecule has 0 saturated carbocycles. The molecule has 0 aliphatic rings. The molecule has 3 nitrogen and oxygen atoms in total. The summed E-state index contributed by atoms with van der Waals surface area (Å²) in [7, 11) is -0.867. The van der Waals surface area contributed by atoms with Gasteiger partial charge in [-0.1, -0.05) is 6.42 Å². The molecule has 0 heterocycles. The first-order valence-corrected chi connectivity index (χ1v) is 7.47. The highest BCUT2D eigenvalue weighted by Gasteiger charge is 2.04. The van der Waals surface area contributed by atoms with Gasteiger partial charge in [0.05, 0.1) is 5.75 Å². The summed E-state index contributed by atoms with van der Waals surface area (Å²) < 4.78 is 21.7. The van der Waals surface area contributed by atoms with Crippen LogP contribution in [0.15, 0.2) is 0 Å². The number of sulfone groups is 1. The summed E-state index contributed by atoms with van der Waals surface area (Å²) in [6, 6.07) is 0. The molecule has 0 radical (unpaired) electrons. The van der Waals surface area contributed by atoms with Gasteiger partial charge in [-0.3, -0.25) is 0 Å². The first-order valence-electron chi connectivity index (χ1n) is 4.88. The predicted molar refractivity (Wildman–Crippen MR) is 61.8 cm³/mol. The maximum Gasteiger partial charge on any atom is 0.148 e. The van der Waals surface area contributed by atoms with Crippen LogP contribution in [0.25, 0.3) is 0 Å². The average Bonchev–Trinajstić information content (AvgIpc) is 2.08. The Labute approximate surface area is 92.3 Å². The monoisotopic (exact) mass is 241 g/mol. The molecule has 0 atom stereocenters. The Balaban J connectivity index is 3.42. The molecule has 0 N–H and O–H groups in total. The number of hydrogen-bond acceptors (Lipinski definition) is 3. The summed E-state index contributed by atoms with van der Waals surface area (Å²) in [6.45, 7) is 1.58. The Morgan fingerprint density at radius 3 is 2.29 bits per heavy atom. The van der Waals surface area contributed by atoms with Crippen LogP contribution in [0.1, 0.15) is 19.3 Å². The van der Waals surface area contributed by atoms with Crippen LogP contribution in [-0.4, -0.2) is 51.3 Å². The largest absolute Gasteiger partial charge is 0.305 e. The van der Waals surface area contributed by atoms with Crippen molar-refractivity contribution < 1.29 is 8.42 Å². The summed E-state index contributed by atoms with van der Waals surface area (Å²) in [5, 5.41) is 0. The van der Waals surface area contributed by atoms with Crippen LogP contribution in [-0.2, 0) is 9.84 Å². The molecule has 0 bridgehead atoms. The van der Waals surface area contributed by atoms with Crippen molar-refractivity contribution in [1.29, 1.82) is 0 Å². The van der Waals surface area contributed by atoms with Crippen LogP contribution in [0.4, 0.5) is 0 Å². The van der Waals surface area contributed by atoms with E-state index in [1.807, 2.05) is 7.05 Å². The second-order valence-corrected chi connectivity index (χ2v) is 6.32. The van der Waals surface area contributed by atoms with Crippen molar-refractivity contribution in [2.24, 2.45) is 0 Å². The smallest absolute Gasteiger partial charge is 0.148 e. The lowest BCUT2D eigenvalue weighted by atomic mass is 10.2. The highest BCUT2D eigenvalue weighted by Crippen LogP contribution is 1.99. The van der Waals surface area contributed by atoms with E-state index >= 15 is 0 Å². The van der Waals surface area contributed by atoms with E-state index in [-0.39, 0.29) is 5.75 Å². The molecule has 0 saturated heterocycles. The van der Waals surface area contributed by atoms with E-state index < -0.39 is 9.84 Å². The number of unbranched alkanes of at least 4 members (excludes halogenated alkanes) is 2. The van der Waals surface area contributed by atoms with Crippen LogP contribution in [0.2, 0.25) is 0 Å². The topological polar surface area (TPSA) is 37.4 Å². The zero-order valence-corrected chi connectivity index (χ0v) is 10.6. The molecule has 0 aromatic heterocycles. The molecular formula is C9H20ClNO2S. The van der Waals surface area contributed by atoms with Gasteiger partial charge in [-0.15, -0.1) is 11.6 Å². The van der Waals surface area contributed by atoms with Gasteiger partial charge in [-0.25, -0.2) is 8.42 Å². The number of halogens is 1. The highest BCUT2D eigenvalue weighted by molar-refractivity contribution is 7.90. The number of alkyl halides is 1. The van der Waals surface area contributed by atoms with Crippen molar-refractivity contribution in [1.82, 2.24) is 4.90 Å². The molecule has 0 aliphatic carbocycles. The van der Waals surface area contributed by atoms with E-state index in [1.54, 1.807) is 0 Å². The van der Waals surface area contributed by atoms with E-state index in [2.05, 4.69) is 4.90 Å². The van der Waals surface area contributed by atoms with Gasteiger partial charge < -0.3 is 4.90 Å². The van der Waals surface area contributed by atoms with Gasteiger partial charge in [0.1, 0.15) is 9.84 Å². The number of nitrogens with zero attached hydrogens (tertiary/aromatic N) is 1. The standard InChI is InChI=1S/C9H20ClNO2S/c1-11(7-5-3-4-6-10)8-9-14(2,12)13/h3-9H2,1-2H3. The van der Waals surface area contributed by atoms with E-state index in [9.17, 15) is 8.42 Å². The third kappa shape index (κ3) is 10.3. The fraction of sp³-hybridized carbons (Fsp3) is 1.00. The quantitative estimate of drug-likeness (QED) is 0.476. The highest BCUT2D eigenvalue weighted by atomic mass is 35.5. The lowest BCUT2D eigenvalue weighted by molar-refractivity contribution is 0.343. The van der Waals surface area contributed by atoms with E-state index in [0.717, 1.165) is 25.8 Å².